The summed E-state index contributed by atoms with van der Waals surface area (Å²) >= 11 is 0. The van der Waals surface area contributed by atoms with Crippen molar-refractivity contribution in [2.24, 2.45) is 0 Å². The van der Waals surface area contributed by atoms with Crippen LogP contribution < -0.4 is 0 Å². The van der Waals surface area contributed by atoms with Crippen molar-refractivity contribution in [3.8, 4) is 0 Å². The number of nitro groups is 1. The predicted octanol–water partition coefficient (Wildman–Crippen LogP) is 3.65. The van der Waals surface area contributed by atoms with Crippen molar-refractivity contribution in [3.05, 3.63) is 39.9 Å². The zero-order valence-electron chi connectivity index (χ0n) is 14.0. The molecule has 0 N–H and O–H groups in total. The van der Waals surface area contributed by atoms with Gasteiger partial charge in [-0.15, -0.1) is 0 Å². The van der Waals surface area contributed by atoms with E-state index in [-0.39, 0.29) is 17.8 Å². The topological polar surface area (TPSA) is 75.9 Å². The van der Waals surface area contributed by atoms with E-state index >= 15 is 0 Å². The molecule has 8 heteroatoms. The van der Waals surface area contributed by atoms with Gasteiger partial charge in [-0.05, 0) is 33.3 Å². The Hall–Kier alpha value is -1.27. The number of rotatable bonds is 6. The van der Waals surface area contributed by atoms with Gasteiger partial charge in [-0.2, -0.15) is 0 Å². The minimum absolute atomic E-state index is 0.0561. The lowest BCUT2D eigenvalue weighted by atomic mass is 10.2. The van der Waals surface area contributed by atoms with Gasteiger partial charge in [0.1, 0.15) is 0 Å². The molecule has 1 aliphatic rings. The molecule has 128 valence electrons. The average molecular weight is 341 g/mol. The van der Waals surface area contributed by atoms with E-state index in [9.17, 15) is 14.7 Å². The fraction of sp³-hybridized carbons (Fsp3) is 0.600. The van der Waals surface area contributed by atoms with Gasteiger partial charge in [0.15, 0.2) is 0 Å². The summed E-state index contributed by atoms with van der Waals surface area (Å²) in [7, 11) is -3.07. The normalized spacial score (nSPS) is 22.4. The first-order valence-corrected chi connectivity index (χ1v) is 9.31. The molecule has 1 saturated heterocycles. The molecule has 23 heavy (non-hydrogen) atoms. The van der Waals surface area contributed by atoms with Crippen LogP contribution in [0.4, 0.5) is 5.69 Å². The van der Waals surface area contributed by atoms with E-state index in [0.29, 0.717) is 19.7 Å². The highest BCUT2D eigenvalue weighted by Gasteiger charge is 2.45. The molecule has 2 rings (SSSR count). The third-order valence-corrected chi connectivity index (χ3v) is 6.91. The molecule has 1 atom stereocenters. The number of benzene rings is 1. The first-order valence-electron chi connectivity index (χ1n) is 7.78. The van der Waals surface area contributed by atoms with E-state index in [1.807, 2.05) is 37.0 Å². The van der Waals surface area contributed by atoms with Crippen LogP contribution in [0.2, 0.25) is 0 Å². The van der Waals surface area contributed by atoms with Gasteiger partial charge in [0, 0.05) is 37.3 Å². The van der Waals surface area contributed by atoms with E-state index in [0.717, 1.165) is 5.56 Å². The summed E-state index contributed by atoms with van der Waals surface area (Å²) in [6.07, 6.45) is 0. The monoisotopic (exact) mass is 341 g/mol. The fourth-order valence-corrected chi connectivity index (χ4v) is 5.72. The van der Waals surface area contributed by atoms with E-state index < -0.39 is 12.6 Å². The molecule has 0 radical (unpaired) electrons. The standard InChI is InChI=1S/C15H24N3O4P/c1-12(2)17(13(3)4)23(21)16(9-10-22-23)11-14-5-7-15(8-6-14)18(19)20/h5-8,12-13H,9-11H2,1-4H3. The summed E-state index contributed by atoms with van der Waals surface area (Å²) in [4.78, 5) is 10.3. The Morgan fingerprint density at radius 1 is 1.26 bits per heavy atom. The Morgan fingerprint density at radius 2 is 1.83 bits per heavy atom. The quantitative estimate of drug-likeness (QED) is 0.446. The summed E-state index contributed by atoms with van der Waals surface area (Å²) in [5.74, 6) is 0. The van der Waals surface area contributed by atoms with Crippen LogP contribution in [0.5, 0.6) is 0 Å². The predicted molar refractivity (Wildman–Crippen MR) is 89.2 cm³/mol. The van der Waals surface area contributed by atoms with Gasteiger partial charge in [-0.1, -0.05) is 12.1 Å². The van der Waals surface area contributed by atoms with Crippen LogP contribution in [0.1, 0.15) is 33.3 Å². The van der Waals surface area contributed by atoms with Gasteiger partial charge in [0.25, 0.3) is 5.69 Å². The highest BCUT2D eigenvalue weighted by atomic mass is 31.2. The number of non-ortho nitro benzene ring substituents is 1. The lowest BCUT2D eigenvalue weighted by molar-refractivity contribution is -0.384. The van der Waals surface area contributed by atoms with Crippen molar-refractivity contribution >= 4 is 13.4 Å². The van der Waals surface area contributed by atoms with Crippen LogP contribution in [-0.2, 0) is 15.6 Å². The summed E-state index contributed by atoms with van der Waals surface area (Å²) in [5.41, 5.74) is 0.939. The third kappa shape index (κ3) is 3.80. The molecule has 1 aromatic carbocycles. The maximum Gasteiger partial charge on any atom is 0.346 e. The molecular weight excluding hydrogens is 317 g/mol. The van der Waals surface area contributed by atoms with Gasteiger partial charge >= 0.3 is 7.67 Å². The summed E-state index contributed by atoms with van der Waals surface area (Å²) < 4.78 is 22.9. The van der Waals surface area contributed by atoms with Crippen LogP contribution in [0, 0.1) is 10.1 Å². The molecule has 0 bridgehead atoms. The van der Waals surface area contributed by atoms with E-state index in [4.69, 9.17) is 4.52 Å². The Labute approximate surface area is 136 Å². The van der Waals surface area contributed by atoms with Crippen molar-refractivity contribution in [2.45, 2.75) is 46.3 Å². The molecule has 1 fully saturated rings. The highest BCUT2D eigenvalue weighted by Crippen LogP contribution is 2.59. The van der Waals surface area contributed by atoms with Crippen molar-refractivity contribution in [2.75, 3.05) is 13.2 Å². The molecule has 0 amide bonds. The second-order valence-corrected chi connectivity index (χ2v) is 8.47. The van der Waals surface area contributed by atoms with E-state index in [2.05, 4.69) is 0 Å². The van der Waals surface area contributed by atoms with Gasteiger partial charge in [-0.25, -0.2) is 9.34 Å². The molecule has 0 aliphatic carbocycles. The molecule has 1 heterocycles. The highest BCUT2D eigenvalue weighted by molar-refractivity contribution is 7.54. The number of nitrogens with zero attached hydrogens (tertiary/aromatic N) is 3. The van der Waals surface area contributed by atoms with Crippen LogP contribution in [-0.4, -0.2) is 39.5 Å². The van der Waals surface area contributed by atoms with Gasteiger partial charge in [0.2, 0.25) is 0 Å². The number of nitro benzene ring substituents is 1. The van der Waals surface area contributed by atoms with E-state index in [1.165, 1.54) is 12.1 Å². The van der Waals surface area contributed by atoms with Gasteiger partial charge < -0.3 is 4.52 Å². The maximum atomic E-state index is 13.4. The lowest BCUT2D eigenvalue weighted by Gasteiger charge is -2.38. The molecular formula is C15H24N3O4P. The average Bonchev–Trinajstić information content (AvgIpc) is 2.80. The number of hydrogen-bond donors (Lipinski definition) is 0. The Balaban J connectivity index is 2.21. The summed E-state index contributed by atoms with van der Waals surface area (Å²) in [5, 5.41) is 10.7. The first kappa shape index (κ1) is 18.1. The SMILES string of the molecule is CC(C)N(C(C)C)P1(=O)OCCN1Cc1ccc([N+](=O)[O-])cc1. The van der Waals surface area contributed by atoms with E-state index in [1.54, 1.807) is 12.1 Å². The maximum absolute atomic E-state index is 13.4. The molecule has 0 saturated carbocycles. The zero-order chi connectivity index (χ0) is 17.2. The second kappa shape index (κ2) is 7.09. The fourth-order valence-electron chi connectivity index (χ4n) is 2.97. The third-order valence-electron chi connectivity index (χ3n) is 3.83. The Bertz CT molecular complexity index is 595. The smallest absolute Gasteiger partial charge is 0.304 e. The molecule has 7 nitrogen and oxygen atoms in total. The Kier molecular flexibility index (Phi) is 5.57. The second-order valence-electron chi connectivity index (χ2n) is 6.20. The minimum atomic E-state index is -3.07. The zero-order valence-corrected chi connectivity index (χ0v) is 14.9. The Morgan fingerprint density at radius 3 is 2.30 bits per heavy atom. The summed E-state index contributed by atoms with van der Waals surface area (Å²) in [6, 6.07) is 6.54. The molecule has 0 aromatic heterocycles. The van der Waals surface area contributed by atoms with Crippen LogP contribution in [0.15, 0.2) is 24.3 Å². The van der Waals surface area contributed by atoms with Crippen molar-refractivity contribution in [1.82, 2.24) is 9.34 Å². The summed E-state index contributed by atoms with van der Waals surface area (Å²) in [6.45, 7) is 9.49. The molecule has 0 spiro atoms. The lowest BCUT2D eigenvalue weighted by Crippen LogP contribution is -2.38. The van der Waals surface area contributed by atoms with Crippen molar-refractivity contribution in [1.29, 1.82) is 0 Å². The van der Waals surface area contributed by atoms with Gasteiger partial charge in [-0.3, -0.25) is 14.7 Å². The van der Waals surface area contributed by atoms with Crippen LogP contribution in [0.3, 0.4) is 0 Å². The van der Waals surface area contributed by atoms with Gasteiger partial charge in [0.05, 0.1) is 11.5 Å². The minimum Gasteiger partial charge on any atom is -0.304 e. The molecule has 1 aliphatic heterocycles. The van der Waals surface area contributed by atoms with Crippen molar-refractivity contribution in [3.63, 3.8) is 0 Å². The van der Waals surface area contributed by atoms with Crippen LogP contribution >= 0.6 is 7.67 Å². The molecule has 1 unspecified atom stereocenters. The molecule has 1 aromatic rings. The first-order chi connectivity index (χ1) is 10.8. The van der Waals surface area contributed by atoms with Crippen molar-refractivity contribution < 1.29 is 14.0 Å². The number of hydrogen-bond acceptors (Lipinski definition) is 4. The largest absolute Gasteiger partial charge is 0.346 e. The van der Waals surface area contributed by atoms with Crippen LogP contribution in [0.25, 0.3) is 0 Å².